The summed E-state index contributed by atoms with van der Waals surface area (Å²) in [5, 5.41) is 6.00. The van der Waals surface area contributed by atoms with Gasteiger partial charge in [0.2, 0.25) is 0 Å². The molecule has 3 rings (SSSR count). The van der Waals surface area contributed by atoms with Crippen LogP contribution in [0.25, 0.3) is 0 Å². The molecule has 0 saturated heterocycles. The van der Waals surface area contributed by atoms with Crippen LogP contribution >= 0.6 is 0 Å². The van der Waals surface area contributed by atoms with Gasteiger partial charge < -0.3 is 5.73 Å². The Morgan fingerprint density at radius 1 is 1.04 bits per heavy atom. The first-order valence-electron chi connectivity index (χ1n) is 8.41. The number of hydrazone groups is 1. The SMILES string of the molecule is CC(C)(C)N1CC(c2ccccc2)=NN(C(N)=O)C1c1ccccc1. The van der Waals surface area contributed by atoms with E-state index in [4.69, 9.17) is 5.73 Å². The Hall–Kier alpha value is -2.66. The van der Waals surface area contributed by atoms with Crippen LogP contribution in [0.2, 0.25) is 0 Å². The predicted molar refractivity (Wildman–Crippen MR) is 100 cm³/mol. The molecule has 2 aromatic rings. The average molecular weight is 336 g/mol. The standard InChI is InChI=1S/C20H24N4O/c1-20(2,3)23-14-17(15-10-6-4-7-11-15)22-24(19(21)25)18(23)16-12-8-5-9-13-16/h4-13,18H,14H2,1-3H3,(H2,21,25). The van der Waals surface area contributed by atoms with Crippen molar-refractivity contribution in [3.63, 3.8) is 0 Å². The van der Waals surface area contributed by atoms with Crippen molar-refractivity contribution in [1.82, 2.24) is 9.91 Å². The number of nitrogens with two attached hydrogens (primary N) is 1. The quantitative estimate of drug-likeness (QED) is 0.911. The van der Waals surface area contributed by atoms with Crippen LogP contribution in [-0.4, -0.2) is 33.7 Å². The van der Waals surface area contributed by atoms with Gasteiger partial charge in [0.25, 0.3) is 0 Å². The lowest BCUT2D eigenvalue weighted by Gasteiger charge is -2.47. The fourth-order valence-corrected chi connectivity index (χ4v) is 3.10. The molecule has 0 aromatic heterocycles. The molecule has 2 amide bonds. The zero-order valence-electron chi connectivity index (χ0n) is 14.9. The zero-order valence-corrected chi connectivity index (χ0v) is 14.9. The fraction of sp³-hybridized carbons (Fsp3) is 0.300. The molecule has 1 aliphatic rings. The first-order chi connectivity index (χ1) is 11.9. The van der Waals surface area contributed by atoms with Crippen LogP contribution in [0.1, 0.15) is 38.1 Å². The highest BCUT2D eigenvalue weighted by atomic mass is 16.2. The topological polar surface area (TPSA) is 61.9 Å². The van der Waals surface area contributed by atoms with Crippen molar-refractivity contribution < 1.29 is 4.79 Å². The molecule has 5 nitrogen and oxygen atoms in total. The smallest absolute Gasteiger partial charge is 0.337 e. The average Bonchev–Trinajstić information content (AvgIpc) is 2.61. The molecule has 25 heavy (non-hydrogen) atoms. The van der Waals surface area contributed by atoms with E-state index in [1.807, 2.05) is 60.7 Å². The van der Waals surface area contributed by atoms with E-state index >= 15 is 0 Å². The molecule has 1 heterocycles. The molecule has 1 aliphatic heterocycles. The van der Waals surface area contributed by atoms with Crippen LogP contribution in [0, 0.1) is 0 Å². The molecule has 0 bridgehead atoms. The summed E-state index contributed by atoms with van der Waals surface area (Å²) in [5.41, 5.74) is 8.34. The Morgan fingerprint density at radius 2 is 1.60 bits per heavy atom. The van der Waals surface area contributed by atoms with Gasteiger partial charge in [-0.25, -0.2) is 4.79 Å². The maximum Gasteiger partial charge on any atom is 0.337 e. The third-order valence-electron chi connectivity index (χ3n) is 4.37. The maximum atomic E-state index is 12.2. The predicted octanol–water partition coefficient (Wildman–Crippen LogP) is 3.58. The lowest BCUT2D eigenvalue weighted by Crippen LogP contribution is -2.56. The van der Waals surface area contributed by atoms with Gasteiger partial charge in [-0.1, -0.05) is 60.7 Å². The number of hydrogen-bond acceptors (Lipinski definition) is 3. The molecule has 2 aromatic carbocycles. The number of nitrogens with zero attached hydrogens (tertiary/aromatic N) is 3. The number of hydrogen-bond donors (Lipinski definition) is 1. The first-order valence-corrected chi connectivity index (χ1v) is 8.41. The van der Waals surface area contributed by atoms with Crippen molar-refractivity contribution in [2.75, 3.05) is 6.54 Å². The van der Waals surface area contributed by atoms with Crippen LogP contribution in [0.4, 0.5) is 4.79 Å². The van der Waals surface area contributed by atoms with Gasteiger partial charge in [-0.2, -0.15) is 10.1 Å². The molecule has 0 aliphatic carbocycles. The van der Waals surface area contributed by atoms with Gasteiger partial charge in [-0.15, -0.1) is 0 Å². The molecule has 2 N–H and O–H groups in total. The van der Waals surface area contributed by atoms with Crippen LogP contribution < -0.4 is 5.73 Å². The minimum Gasteiger partial charge on any atom is -0.350 e. The lowest BCUT2D eigenvalue weighted by molar-refractivity contribution is 0.00589. The molecule has 0 fully saturated rings. The number of benzene rings is 2. The molecular formula is C20H24N4O. The number of rotatable bonds is 2. The highest BCUT2D eigenvalue weighted by molar-refractivity contribution is 6.03. The number of carbonyl (C=O) groups is 1. The molecule has 0 spiro atoms. The number of primary amides is 1. The molecule has 1 unspecified atom stereocenters. The number of urea groups is 1. The van der Waals surface area contributed by atoms with Crippen LogP contribution in [0.15, 0.2) is 65.8 Å². The van der Waals surface area contributed by atoms with E-state index in [-0.39, 0.29) is 11.7 Å². The molecule has 0 radical (unpaired) electrons. The molecule has 130 valence electrons. The van der Waals surface area contributed by atoms with Gasteiger partial charge in [-0.05, 0) is 31.9 Å². The van der Waals surface area contributed by atoms with Crippen molar-refractivity contribution in [2.45, 2.75) is 32.5 Å². The minimum atomic E-state index is -0.559. The van der Waals surface area contributed by atoms with Gasteiger partial charge in [0.05, 0.1) is 5.71 Å². The largest absolute Gasteiger partial charge is 0.350 e. The van der Waals surface area contributed by atoms with E-state index in [9.17, 15) is 4.79 Å². The normalized spacial score (nSPS) is 18.8. The van der Waals surface area contributed by atoms with Crippen molar-refractivity contribution in [3.05, 3.63) is 71.8 Å². The van der Waals surface area contributed by atoms with Crippen LogP contribution in [0.5, 0.6) is 0 Å². The molecular weight excluding hydrogens is 312 g/mol. The Balaban J connectivity index is 2.12. The summed E-state index contributed by atoms with van der Waals surface area (Å²) in [5.74, 6) is 0. The Labute approximate surface area is 148 Å². The van der Waals surface area contributed by atoms with Crippen molar-refractivity contribution in [1.29, 1.82) is 0 Å². The summed E-state index contributed by atoms with van der Waals surface area (Å²) < 4.78 is 0. The van der Waals surface area contributed by atoms with E-state index in [1.165, 1.54) is 5.01 Å². The summed E-state index contributed by atoms with van der Waals surface area (Å²) in [6.45, 7) is 7.04. The molecule has 0 saturated carbocycles. The van der Waals surface area contributed by atoms with Crippen LogP contribution in [0.3, 0.4) is 0 Å². The fourth-order valence-electron chi connectivity index (χ4n) is 3.10. The summed E-state index contributed by atoms with van der Waals surface area (Å²) in [4.78, 5) is 14.5. The van der Waals surface area contributed by atoms with Crippen molar-refractivity contribution >= 4 is 11.7 Å². The second kappa shape index (κ2) is 6.69. The van der Waals surface area contributed by atoms with Gasteiger partial charge in [0.15, 0.2) is 0 Å². The van der Waals surface area contributed by atoms with E-state index in [2.05, 4.69) is 30.8 Å². The van der Waals surface area contributed by atoms with Gasteiger partial charge >= 0.3 is 6.03 Å². The van der Waals surface area contributed by atoms with Gasteiger partial charge in [0, 0.05) is 12.1 Å². The van der Waals surface area contributed by atoms with Gasteiger partial charge in [-0.3, -0.25) is 4.90 Å². The monoisotopic (exact) mass is 336 g/mol. The van der Waals surface area contributed by atoms with Crippen molar-refractivity contribution in [2.24, 2.45) is 10.8 Å². The molecule has 1 atom stereocenters. The van der Waals surface area contributed by atoms with E-state index in [0.29, 0.717) is 6.54 Å². The Bertz CT molecular complexity index is 765. The second-order valence-electron chi connectivity index (χ2n) is 7.18. The second-order valence-corrected chi connectivity index (χ2v) is 7.18. The van der Waals surface area contributed by atoms with Gasteiger partial charge in [0.1, 0.15) is 6.17 Å². The summed E-state index contributed by atoms with van der Waals surface area (Å²) in [6, 6.07) is 19.2. The third kappa shape index (κ3) is 3.56. The summed E-state index contributed by atoms with van der Waals surface area (Å²) >= 11 is 0. The lowest BCUT2D eigenvalue weighted by atomic mass is 9.98. The highest BCUT2D eigenvalue weighted by Gasteiger charge is 2.40. The number of amides is 2. The first kappa shape index (κ1) is 17.2. The number of carbonyl (C=O) groups excluding carboxylic acids is 1. The summed E-state index contributed by atoms with van der Waals surface area (Å²) in [7, 11) is 0. The van der Waals surface area contributed by atoms with Crippen molar-refractivity contribution in [3.8, 4) is 0 Å². The maximum absolute atomic E-state index is 12.2. The highest BCUT2D eigenvalue weighted by Crippen LogP contribution is 2.34. The zero-order chi connectivity index (χ0) is 18.0. The Morgan fingerprint density at radius 3 is 2.12 bits per heavy atom. The Kier molecular flexibility index (Phi) is 4.59. The molecule has 5 heteroatoms. The third-order valence-corrected chi connectivity index (χ3v) is 4.37. The van der Waals surface area contributed by atoms with E-state index in [1.54, 1.807) is 0 Å². The van der Waals surface area contributed by atoms with E-state index in [0.717, 1.165) is 16.8 Å². The summed E-state index contributed by atoms with van der Waals surface area (Å²) in [6.07, 6.45) is -0.328. The van der Waals surface area contributed by atoms with E-state index < -0.39 is 6.03 Å². The minimum absolute atomic E-state index is 0.176. The van der Waals surface area contributed by atoms with Crippen LogP contribution in [-0.2, 0) is 0 Å².